The second-order valence-electron chi connectivity index (χ2n) is 5.72. The first kappa shape index (κ1) is 18.9. The number of alkyl halides is 2. The first-order valence-electron chi connectivity index (χ1n) is 7.68. The van der Waals surface area contributed by atoms with E-state index in [-0.39, 0.29) is 28.8 Å². The summed E-state index contributed by atoms with van der Waals surface area (Å²) >= 11 is 0. The molecule has 0 saturated heterocycles. The molecule has 2 aromatic heterocycles. The fourth-order valence-electron chi connectivity index (χ4n) is 2.64. The smallest absolute Gasteiger partial charge is 0.246 e. The highest BCUT2D eigenvalue weighted by molar-refractivity contribution is 7.92. The highest BCUT2D eigenvalue weighted by atomic mass is 32.2. The molecule has 0 spiro atoms. The number of nitrogens with one attached hydrogen (secondary N) is 1. The lowest BCUT2D eigenvalue weighted by Gasteiger charge is -2.06. The number of halogens is 3. The highest BCUT2D eigenvalue weighted by Crippen LogP contribution is 2.24. The van der Waals surface area contributed by atoms with E-state index in [1.165, 1.54) is 43.1 Å². The van der Waals surface area contributed by atoms with E-state index in [2.05, 4.69) is 19.9 Å². The summed E-state index contributed by atoms with van der Waals surface area (Å²) in [5.41, 5.74) is 0.341. The fraction of sp³-hybridized carbons (Fsp3) is 0.267. The summed E-state index contributed by atoms with van der Waals surface area (Å²) in [6.07, 6.45) is 1.27. The number of anilines is 1. The first-order chi connectivity index (χ1) is 12.7. The SMILES string of the molecule is Cc1nn(C(F)F)c(C)c1S(=O)(=O)Nc1ncn(Cc2cccc(F)c2)n1. The molecule has 27 heavy (non-hydrogen) atoms. The van der Waals surface area contributed by atoms with Crippen molar-refractivity contribution in [3.05, 3.63) is 53.4 Å². The van der Waals surface area contributed by atoms with Gasteiger partial charge in [0.15, 0.2) is 0 Å². The molecule has 1 aromatic carbocycles. The summed E-state index contributed by atoms with van der Waals surface area (Å²) in [6, 6.07) is 5.84. The van der Waals surface area contributed by atoms with Crippen LogP contribution in [0, 0.1) is 19.7 Å². The van der Waals surface area contributed by atoms with Gasteiger partial charge < -0.3 is 0 Å². The quantitative estimate of drug-likeness (QED) is 0.686. The van der Waals surface area contributed by atoms with Gasteiger partial charge in [0.1, 0.15) is 17.0 Å². The van der Waals surface area contributed by atoms with Crippen LogP contribution in [-0.2, 0) is 16.6 Å². The summed E-state index contributed by atoms with van der Waals surface area (Å²) in [5, 5.41) is 7.52. The normalized spacial score (nSPS) is 11.9. The number of aryl methyl sites for hydroxylation is 1. The number of benzene rings is 1. The van der Waals surface area contributed by atoms with E-state index in [1.807, 2.05) is 0 Å². The summed E-state index contributed by atoms with van der Waals surface area (Å²) in [6.45, 7) is -0.239. The number of nitrogens with zero attached hydrogens (tertiary/aromatic N) is 5. The Balaban J connectivity index is 1.82. The minimum atomic E-state index is -4.22. The topological polar surface area (TPSA) is 94.7 Å². The Bertz CT molecular complexity index is 1080. The van der Waals surface area contributed by atoms with Crippen molar-refractivity contribution in [3.8, 4) is 0 Å². The maximum atomic E-state index is 13.2. The number of aromatic nitrogens is 5. The molecule has 0 aliphatic rings. The predicted molar refractivity (Wildman–Crippen MR) is 89.3 cm³/mol. The minimum Gasteiger partial charge on any atom is -0.246 e. The van der Waals surface area contributed by atoms with Crippen molar-refractivity contribution in [2.24, 2.45) is 0 Å². The van der Waals surface area contributed by atoms with Gasteiger partial charge in [-0.05, 0) is 31.5 Å². The largest absolute Gasteiger partial charge is 0.333 e. The van der Waals surface area contributed by atoms with Crippen molar-refractivity contribution in [2.45, 2.75) is 31.8 Å². The average molecular weight is 400 g/mol. The molecule has 8 nitrogen and oxygen atoms in total. The summed E-state index contributed by atoms with van der Waals surface area (Å²) < 4.78 is 67.9. The summed E-state index contributed by atoms with van der Waals surface area (Å²) in [4.78, 5) is 3.48. The Kier molecular flexibility index (Phi) is 4.91. The van der Waals surface area contributed by atoms with Crippen molar-refractivity contribution in [1.82, 2.24) is 24.5 Å². The third kappa shape index (κ3) is 3.94. The van der Waals surface area contributed by atoms with E-state index >= 15 is 0 Å². The zero-order valence-corrected chi connectivity index (χ0v) is 15.1. The van der Waals surface area contributed by atoms with Crippen molar-refractivity contribution in [3.63, 3.8) is 0 Å². The van der Waals surface area contributed by atoms with Crippen LogP contribution in [0.1, 0.15) is 23.5 Å². The van der Waals surface area contributed by atoms with Crippen LogP contribution < -0.4 is 4.72 Å². The third-order valence-electron chi connectivity index (χ3n) is 3.71. The van der Waals surface area contributed by atoms with Gasteiger partial charge in [-0.15, -0.1) is 5.10 Å². The molecule has 0 aliphatic carbocycles. The predicted octanol–water partition coefficient (Wildman–Crippen LogP) is 2.47. The van der Waals surface area contributed by atoms with E-state index in [4.69, 9.17) is 0 Å². The van der Waals surface area contributed by atoms with E-state index in [9.17, 15) is 21.6 Å². The van der Waals surface area contributed by atoms with Gasteiger partial charge in [0.05, 0.1) is 17.9 Å². The molecule has 3 aromatic rings. The monoisotopic (exact) mass is 400 g/mol. The average Bonchev–Trinajstić information content (AvgIpc) is 3.10. The van der Waals surface area contributed by atoms with E-state index in [1.54, 1.807) is 6.07 Å². The van der Waals surface area contributed by atoms with Crippen LogP contribution in [0.4, 0.5) is 19.1 Å². The molecule has 0 saturated carbocycles. The Hall–Kier alpha value is -2.89. The van der Waals surface area contributed by atoms with Crippen LogP contribution in [0.3, 0.4) is 0 Å². The maximum Gasteiger partial charge on any atom is 0.333 e. The van der Waals surface area contributed by atoms with Crippen molar-refractivity contribution < 1.29 is 21.6 Å². The lowest BCUT2D eigenvalue weighted by Crippen LogP contribution is -2.16. The van der Waals surface area contributed by atoms with Gasteiger partial charge >= 0.3 is 6.55 Å². The second kappa shape index (κ2) is 7.02. The van der Waals surface area contributed by atoms with Gasteiger partial charge in [0, 0.05) is 0 Å². The molecule has 0 unspecified atom stereocenters. The van der Waals surface area contributed by atoms with Crippen molar-refractivity contribution in [2.75, 3.05) is 4.72 Å². The van der Waals surface area contributed by atoms with Gasteiger partial charge in [0.2, 0.25) is 0 Å². The molecular formula is C15H15F3N6O2S. The lowest BCUT2D eigenvalue weighted by atomic mass is 10.2. The summed E-state index contributed by atoms with van der Waals surface area (Å²) in [5.74, 6) is -0.648. The van der Waals surface area contributed by atoms with E-state index in [0.717, 1.165) is 0 Å². The zero-order chi connectivity index (χ0) is 19.8. The molecule has 0 atom stereocenters. The van der Waals surface area contributed by atoms with Crippen LogP contribution in [0.25, 0.3) is 0 Å². The molecule has 0 bridgehead atoms. The van der Waals surface area contributed by atoms with Crippen molar-refractivity contribution in [1.29, 1.82) is 0 Å². The molecule has 0 fully saturated rings. The van der Waals surface area contributed by atoms with E-state index < -0.39 is 22.4 Å². The third-order valence-corrected chi connectivity index (χ3v) is 5.29. The molecule has 144 valence electrons. The fourth-order valence-corrected chi connectivity index (χ4v) is 3.99. The Morgan fingerprint density at radius 2 is 1.96 bits per heavy atom. The number of sulfonamides is 1. The Morgan fingerprint density at radius 1 is 1.22 bits per heavy atom. The number of hydrogen-bond donors (Lipinski definition) is 1. The van der Waals surface area contributed by atoms with Gasteiger partial charge in [-0.1, -0.05) is 12.1 Å². The second-order valence-corrected chi connectivity index (χ2v) is 7.34. The molecule has 2 heterocycles. The lowest BCUT2D eigenvalue weighted by molar-refractivity contribution is 0.0538. The Labute approximate surface area is 152 Å². The number of hydrogen-bond acceptors (Lipinski definition) is 5. The van der Waals surface area contributed by atoms with Crippen LogP contribution in [0.2, 0.25) is 0 Å². The van der Waals surface area contributed by atoms with Gasteiger partial charge in [-0.3, -0.25) is 0 Å². The minimum absolute atomic E-state index is 0.0699. The molecule has 3 rings (SSSR count). The van der Waals surface area contributed by atoms with Gasteiger partial charge in [-0.25, -0.2) is 26.9 Å². The van der Waals surface area contributed by atoms with E-state index in [0.29, 0.717) is 10.2 Å². The first-order valence-corrected chi connectivity index (χ1v) is 9.16. The van der Waals surface area contributed by atoms with Gasteiger partial charge in [0.25, 0.3) is 16.0 Å². The van der Waals surface area contributed by atoms with Gasteiger partial charge in [-0.2, -0.15) is 18.9 Å². The Morgan fingerprint density at radius 3 is 2.59 bits per heavy atom. The maximum absolute atomic E-state index is 13.2. The molecule has 1 N–H and O–H groups in total. The standard InChI is InChI=1S/C15H15F3N6O2S/c1-9-13(10(2)24(20-9)14(17)18)27(25,26)22-15-19-8-23(21-15)7-11-4-3-5-12(16)6-11/h3-6,8,14H,7H2,1-2H3,(H,21,22). The molecule has 0 amide bonds. The van der Waals surface area contributed by atoms with Crippen LogP contribution >= 0.6 is 0 Å². The van der Waals surface area contributed by atoms with Crippen molar-refractivity contribution >= 4 is 16.0 Å². The van der Waals surface area contributed by atoms with Crippen LogP contribution in [-0.4, -0.2) is 33.0 Å². The number of rotatable bonds is 6. The van der Waals surface area contributed by atoms with Crippen LogP contribution in [0.5, 0.6) is 0 Å². The zero-order valence-electron chi connectivity index (χ0n) is 14.3. The van der Waals surface area contributed by atoms with Crippen LogP contribution in [0.15, 0.2) is 35.5 Å². The summed E-state index contributed by atoms with van der Waals surface area (Å²) in [7, 11) is -4.22. The molecular weight excluding hydrogens is 385 g/mol. The molecule has 0 radical (unpaired) electrons. The molecule has 0 aliphatic heterocycles. The highest BCUT2D eigenvalue weighted by Gasteiger charge is 2.28. The molecule has 12 heteroatoms.